The van der Waals surface area contributed by atoms with Crippen molar-refractivity contribution in [3.8, 4) is 0 Å². The fourth-order valence-corrected chi connectivity index (χ4v) is 3.96. The van der Waals surface area contributed by atoms with Gasteiger partial charge in [0, 0.05) is 30.7 Å². The number of pyridine rings is 1. The average molecular weight is 342 g/mol. The summed E-state index contributed by atoms with van der Waals surface area (Å²) in [7, 11) is 0. The molecular weight excluding hydrogens is 320 g/mol. The lowest BCUT2D eigenvalue weighted by Gasteiger charge is -2.29. The van der Waals surface area contributed by atoms with Crippen molar-refractivity contribution in [1.29, 1.82) is 0 Å². The lowest BCUT2D eigenvalue weighted by molar-refractivity contribution is 0.0838. The lowest BCUT2D eigenvalue weighted by Crippen LogP contribution is -2.36. The first kappa shape index (κ1) is 15.6. The predicted octanol–water partition coefficient (Wildman–Crippen LogP) is 2.87. The van der Waals surface area contributed by atoms with Crippen LogP contribution in [0.4, 0.5) is 0 Å². The van der Waals surface area contributed by atoms with Gasteiger partial charge in [0.25, 0.3) is 0 Å². The van der Waals surface area contributed by atoms with Gasteiger partial charge in [0.15, 0.2) is 5.11 Å². The summed E-state index contributed by atoms with van der Waals surface area (Å²) in [5.74, 6) is 0. The molecule has 0 unspecified atom stereocenters. The van der Waals surface area contributed by atoms with E-state index in [-0.39, 0.29) is 18.2 Å². The molecule has 2 N–H and O–H groups in total. The normalized spacial score (nSPS) is 26.8. The fraction of sp³-hybridized carbons (Fsp3) is 0.444. The second kappa shape index (κ2) is 6.53. The number of thiocarbonyl (C=S) groups is 1. The molecule has 0 bridgehead atoms. The number of hydrogen-bond donors (Lipinski definition) is 2. The van der Waals surface area contributed by atoms with E-state index in [1.807, 2.05) is 18.3 Å². The molecule has 4 heterocycles. The van der Waals surface area contributed by atoms with Gasteiger partial charge in [0.05, 0.1) is 23.9 Å². The molecule has 24 heavy (non-hydrogen) atoms. The van der Waals surface area contributed by atoms with Crippen molar-refractivity contribution in [1.82, 2.24) is 20.2 Å². The second-order valence-corrected chi connectivity index (χ2v) is 6.90. The Balaban J connectivity index is 1.67. The number of hydrogen-bond acceptors (Lipinski definition) is 3. The van der Waals surface area contributed by atoms with Crippen LogP contribution in [0.25, 0.3) is 0 Å². The zero-order chi connectivity index (χ0) is 16.5. The van der Waals surface area contributed by atoms with Crippen molar-refractivity contribution >= 4 is 17.3 Å². The Morgan fingerprint density at radius 2 is 2.25 bits per heavy atom. The maximum absolute atomic E-state index is 5.84. The van der Waals surface area contributed by atoms with E-state index in [4.69, 9.17) is 17.0 Å². The second-order valence-electron chi connectivity index (χ2n) is 6.51. The van der Waals surface area contributed by atoms with E-state index in [2.05, 4.69) is 45.3 Å². The van der Waals surface area contributed by atoms with Crippen molar-refractivity contribution in [2.24, 2.45) is 0 Å². The Labute approximate surface area is 147 Å². The molecule has 6 heteroatoms. The molecule has 2 aliphatic heterocycles. The third-order valence-corrected chi connectivity index (χ3v) is 5.15. The Bertz CT molecular complexity index is 711. The number of H-pyrrole nitrogens is 1. The quantitative estimate of drug-likeness (QED) is 0.837. The highest BCUT2D eigenvalue weighted by Gasteiger charge is 2.41. The maximum Gasteiger partial charge on any atom is 0.170 e. The topological polar surface area (TPSA) is 53.2 Å². The van der Waals surface area contributed by atoms with Gasteiger partial charge in [0.2, 0.25) is 0 Å². The lowest BCUT2D eigenvalue weighted by atomic mass is 10.0. The standard InChI is InChI=1S/C18H22N4OS/c1-12-7-8-15(20-12)17-16(14-6-2-3-9-19-14)21-18(24)22(17)11-13-5-4-10-23-13/h2-3,6-9,13,16-17,20H,4-5,10-11H2,1H3,(H,21,24)/t13-,16-,17-/m1/s1. The minimum atomic E-state index is 0.0400. The van der Waals surface area contributed by atoms with Crippen LogP contribution in [0.15, 0.2) is 36.5 Å². The molecule has 2 aromatic rings. The van der Waals surface area contributed by atoms with Gasteiger partial charge >= 0.3 is 0 Å². The predicted molar refractivity (Wildman–Crippen MR) is 96.7 cm³/mol. The Hall–Kier alpha value is -1.92. The summed E-state index contributed by atoms with van der Waals surface area (Å²) < 4.78 is 5.84. The molecule has 0 aromatic carbocycles. The fourth-order valence-electron chi connectivity index (χ4n) is 3.65. The van der Waals surface area contributed by atoms with E-state index in [9.17, 15) is 0 Å². The highest BCUT2D eigenvalue weighted by Crippen LogP contribution is 2.38. The Morgan fingerprint density at radius 3 is 2.92 bits per heavy atom. The van der Waals surface area contributed by atoms with Crippen molar-refractivity contribution < 1.29 is 4.74 Å². The van der Waals surface area contributed by atoms with Gasteiger partial charge in [-0.2, -0.15) is 0 Å². The largest absolute Gasteiger partial charge is 0.376 e. The third-order valence-electron chi connectivity index (χ3n) is 4.80. The van der Waals surface area contributed by atoms with Gasteiger partial charge in [-0.25, -0.2) is 0 Å². The van der Waals surface area contributed by atoms with Gasteiger partial charge in [0.1, 0.15) is 0 Å². The van der Waals surface area contributed by atoms with Gasteiger partial charge in [-0.1, -0.05) is 6.07 Å². The molecular formula is C18H22N4OS. The van der Waals surface area contributed by atoms with Crippen LogP contribution in [-0.2, 0) is 4.74 Å². The van der Waals surface area contributed by atoms with Crippen LogP contribution >= 0.6 is 12.2 Å². The van der Waals surface area contributed by atoms with Crippen LogP contribution in [0, 0.1) is 6.92 Å². The van der Waals surface area contributed by atoms with Gasteiger partial charge in [-0.15, -0.1) is 0 Å². The molecule has 2 aliphatic rings. The minimum absolute atomic E-state index is 0.0400. The molecule has 5 nitrogen and oxygen atoms in total. The maximum atomic E-state index is 5.84. The van der Waals surface area contributed by atoms with Crippen LogP contribution in [0.2, 0.25) is 0 Å². The van der Waals surface area contributed by atoms with Crippen LogP contribution in [0.1, 0.15) is 42.0 Å². The monoisotopic (exact) mass is 342 g/mol. The molecule has 3 atom stereocenters. The summed E-state index contributed by atoms with van der Waals surface area (Å²) in [4.78, 5) is 10.3. The zero-order valence-corrected chi connectivity index (χ0v) is 14.6. The third kappa shape index (κ3) is 2.91. The van der Waals surface area contributed by atoms with Crippen molar-refractivity contribution in [3.63, 3.8) is 0 Å². The van der Waals surface area contributed by atoms with E-state index in [1.165, 1.54) is 0 Å². The minimum Gasteiger partial charge on any atom is -0.376 e. The number of ether oxygens (including phenoxy) is 1. The van der Waals surface area contributed by atoms with Crippen LogP contribution in [0.3, 0.4) is 0 Å². The van der Waals surface area contributed by atoms with E-state index >= 15 is 0 Å². The van der Waals surface area contributed by atoms with Crippen LogP contribution in [0.5, 0.6) is 0 Å². The number of rotatable bonds is 4. The van der Waals surface area contributed by atoms with E-state index in [0.29, 0.717) is 0 Å². The van der Waals surface area contributed by atoms with Crippen LogP contribution in [-0.4, -0.2) is 39.2 Å². The average Bonchev–Trinajstić information content (AvgIpc) is 3.31. The molecule has 2 saturated heterocycles. The number of aromatic nitrogens is 2. The molecule has 2 fully saturated rings. The van der Waals surface area contributed by atoms with E-state index in [0.717, 1.165) is 48.2 Å². The summed E-state index contributed by atoms with van der Waals surface area (Å²) in [5, 5.41) is 4.25. The molecule has 2 aromatic heterocycles. The number of aryl methyl sites for hydroxylation is 1. The molecule has 0 spiro atoms. The van der Waals surface area contributed by atoms with Crippen LogP contribution < -0.4 is 5.32 Å². The smallest absolute Gasteiger partial charge is 0.170 e. The molecule has 0 aliphatic carbocycles. The first-order valence-corrected chi connectivity index (χ1v) is 8.88. The van der Waals surface area contributed by atoms with Gasteiger partial charge in [-0.05, 0) is 56.2 Å². The van der Waals surface area contributed by atoms with Gasteiger partial charge < -0.3 is 19.9 Å². The molecule has 4 rings (SSSR count). The van der Waals surface area contributed by atoms with Crippen molar-refractivity contribution in [2.75, 3.05) is 13.2 Å². The summed E-state index contributed by atoms with van der Waals surface area (Å²) in [5.41, 5.74) is 3.32. The van der Waals surface area contributed by atoms with Crippen molar-refractivity contribution in [2.45, 2.75) is 38.0 Å². The number of nitrogens with one attached hydrogen (secondary N) is 2. The highest BCUT2D eigenvalue weighted by atomic mass is 32.1. The molecule has 0 saturated carbocycles. The highest BCUT2D eigenvalue weighted by molar-refractivity contribution is 7.80. The van der Waals surface area contributed by atoms with Crippen molar-refractivity contribution in [3.05, 3.63) is 53.6 Å². The van der Waals surface area contributed by atoms with E-state index in [1.54, 1.807) is 0 Å². The Kier molecular flexibility index (Phi) is 4.24. The number of aromatic amines is 1. The SMILES string of the molecule is Cc1ccc([C@@H]2[C@@H](c3ccccn3)NC(=S)N2C[C@H]2CCCO2)[nH]1. The Morgan fingerprint density at radius 1 is 1.33 bits per heavy atom. The first-order valence-electron chi connectivity index (χ1n) is 8.47. The molecule has 126 valence electrons. The number of nitrogens with zero attached hydrogens (tertiary/aromatic N) is 2. The first-order chi connectivity index (χ1) is 11.7. The zero-order valence-electron chi connectivity index (χ0n) is 13.7. The summed E-state index contributed by atoms with van der Waals surface area (Å²) >= 11 is 5.65. The van der Waals surface area contributed by atoms with Gasteiger partial charge in [-0.3, -0.25) is 4.98 Å². The molecule has 0 radical (unpaired) electrons. The summed E-state index contributed by atoms with van der Waals surface area (Å²) in [6.45, 7) is 3.75. The summed E-state index contributed by atoms with van der Waals surface area (Å²) in [6, 6.07) is 10.4. The van der Waals surface area contributed by atoms with E-state index < -0.39 is 0 Å². The molecule has 0 amide bonds. The summed E-state index contributed by atoms with van der Waals surface area (Å²) in [6.07, 6.45) is 4.32.